The predicted octanol–water partition coefficient (Wildman–Crippen LogP) is 5.97. The predicted molar refractivity (Wildman–Crippen MR) is 156 cm³/mol. The van der Waals surface area contributed by atoms with Crippen molar-refractivity contribution in [1.82, 2.24) is 10.2 Å². The maximum Gasteiger partial charge on any atom is 0.264 e. The Morgan fingerprint density at radius 2 is 1.57 bits per heavy atom. The molecule has 0 fully saturated rings. The summed E-state index contributed by atoms with van der Waals surface area (Å²) in [4.78, 5) is 28.4. The molecule has 0 saturated carbocycles. The first-order valence-electron chi connectivity index (χ1n) is 12.7. The van der Waals surface area contributed by atoms with Crippen LogP contribution in [0, 0.1) is 12.7 Å². The van der Waals surface area contributed by atoms with Crippen LogP contribution in [0.3, 0.4) is 0 Å². The molecule has 7 nitrogen and oxygen atoms in total. The number of anilines is 1. The highest BCUT2D eigenvalue weighted by molar-refractivity contribution is 7.92. The second kappa shape index (κ2) is 13.5. The minimum Gasteiger partial charge on any atom is -0.352 e. The minimum atomic E-state index is -4.25. The number of carbonyl (C=O) groups is 2. The number of aryl methyl sites for hydroxylation is 1. The number of carbonyl (C=O) groups excluding carboxylic acids is 2. The largest absolute Gasteiger partial charge is 0.352 e. The fraction of sp³-hybridized carbons (Fsp3) is 0.310. The van der Waals surface area contributed by atoms with Crippen molar-refractivity contribution in [3.05, 3.63) is 93.7 Å². The van der Waals surface area contributed by atoms with Crippen LogP contribution in [0.2, 0.25) is 10.0 Å². The lowest BCUT2D eigenvalue weighted by atomic mass is 10.1. The topological polar surface area (TPSA) is 86.8 Å². The third-order valence-corrected chi connectivity index (χ3v) is 8.69. The lowest BCUT2D eigenvalue weighted by Crippen LogP contribution is -2.53. The summed E-state index contributed by atoms with van der Waals surface area (Å²) >= 11 is 12.3. The Labute approximate surface area is 244 Å². The smallest absolute Gasteiger partial charge is 0.264 e. The lowest BCUT2D eigenvalue weighted by Gasteiger charge is -2.33. The van der Waals surface area contributed by atoms with E-state index in [1.807, 2.05) is 6.92 Å². The standard InChI is InChI=1S/C29H32Cl2FN3O4S/c1-5-27(29(37)33-19(2)3)34(17-21-8-10-22(32)11-9-21)28(36)18-35(23-12-15-25(30)26(31)16-23)40(38,39)24-13-6-20(4)7-14-24/h6-16,19,27H,5,17-18H2,1-4H3,(H,33,37). The second-order valence-electron chi connectivity index (χ2n) is 9.66. The average molecular weight is 609 g/mol. The van der Waals surface area contributed by atoms with Gasteiger partial charge in [0.15, 0.2) is 0 Å². The van der Waals surface area contributed by atoms with Gasteiger partial charge in [0.1, 0.15) is 18.4 Å². The van der Waals surface area contributed by atoms with Crippen molar-refractivity contribution < 1.29 is 22.4 Å². The van der Waals surface area contributed by atoms with Gasteiger partial charge in [0.2, 0.25) is 11.8 Å². The van der Waals surface area contributed by atoms with Crippen LogP contribution in [-0.2, 0) is 26.2 Å². The quantitative estimate of drug-likeness (QED) is 0.291. The molecule has 0 spiro atoms. The van der Waals surface area contributed by atoms with Crippen LogP contribution in [-0.4, -0.2) is 43.8 Å². The van der Waals surface area contributed by atoms with Crippen molar-refractivity contribution in [2.24, 2.45) is 0 Å². The van der Waals surface area contributed by atoms with Gasteiger partial charge in [-0.3, -0.25) is 13.9 Å². The van der Waals surface area contributed by atoms with E-state index >= 15 is 0 Å². The zero-order chi connectivity index (χ0) is 29.6. The van der Waals surface area contributed by atoms with Gasteiger partial charge < -0.3 is 10.2 Å². The lowest BCUT2D eigenvalue weighted by molar-refractivity contribution is -0.140. The number of amides is 2. The SMILES string of the molecule is CCC(C(=O)NC(C)C)N(Cc1ccc(F)cc1)C(=O)CN(c1ccc(Cl)c(Cl)c1)S(=O)(=O)c1ccc(C)cc1. The van der Waals surface area contributed by atoms with E-state index in [0.29, 0.717) is 5.56 Å². The van der Waals surface area contributed by atoms with Crippen molar-refractivity contribution in [2.75, 3.05) is 10.8 Å². The maximum atomic E-state index is 14.0. The Kier molecular flexibility index (Phi) is 10.6. The first-order chi connectivity index (χ1) is 18.8. The second-order valence-corrected chi connectivity index (χ2v) is 12.3. The zero-order valence-corrected chi connectivity index (χ0v) is 25.0. The molecule has 0 radical (unpaired) electrons. The molecule has 3 aromatic carbocycles. The Bertz CT molecular complexity index is 1450. The summed E-state index contributed by atoms with van der Waals surface area (Å²) in [5.74, 6) is -1.45. The first-order valence-corrected chi connectivity index (χ1v) is 14.9. The monoisotopic (exact) mass is 607 g/mol. The van der Waals surface area contributed by atoms with Crippen LogP contribution >= 0.6 is 23.2 Å². The molecule has 1 atom stereocenters. The van der Waals surface area contributed by atoms with Crippen LogP contribution in [0.4, 0.5) is 10.1 Å². The van der Waals surface area contributed by atoms with Gasteiger partial charge in [0.25, 0.3) is 10.0 Å². The van der Waals surface area contributed by atoms with E-state index in [2.05, 4.69) is 5.32 Å². The molecule has 214 valence electrons. The van der Waals surface area contributed by atoms with Crippen molar-refractivity contribution in [3.8, 4) is 0 Å². The van der Waals surface area contributed by atoms with E-state index in [-0.39, 0.29) is 45.5 Å². The summed E-state index contributed by atoms with van der Waals surface area (Å²) in [6, 6.07) is 15.0. The summed E-state index contributed by atoms with van der Waals surface area (Å²) < 4.78 is 42.3. The molecule has 0 aliphatic rings. The van der Waals surface area contributed by atoms with Gasteiger partial charge in [-0.05, 0) is 75.2 Å². The van der Waals surface area contributed by atoms with Gasteiger partial charge in [0, 0.05) is 12.6 Å². The maximum absolute atomic E-state index is 14.0. The molecule has 3 rings (SSSR count). The zero-order valence-electron chi connectivity index (χ0n) is 22.7. The van der Waals surface area contributed by atoms with Crippen LogP contribution < -0.4 is 9.62 Å². The summed E-state index contributed by atoms with van der Waals surface area (Å²) in [5.41, 5.74) is 1.57. The summed E-state index contributed by atoms with van der Waals surface area (Å²) in [5, 5.41) is 3.16. The van der Waals surface area contributed by atoms with Crippen LogP contribution in [0.15, 0.2) is 71.6 Å². The third-order valence-electron chi connectivity index (χ3n) is 6.16. The molecule has 11 heteroatoms. The van der Waals surface area contributed by atoms with Gasteiger partial charge in [-0.15, -0.1) is 0 Å². The average Bonchev–Trinajstić information content (AvgIpc) is 2.89. The first kappa shape index (κ1) is 31.4. The fourth-order valence-corrected chi connectivity index (χ4v) is 5.79. The van der Waals surface area contributed by atoms with E-state index in [0.717, 1.165) is 9.87 Å². The normalized spacial score (nSPS) is 12.2. The number of sulfonamides is 1. The Hall–Kier alpha value is -3.14. The van der Waals surface area contributed by atoms with Gasteiger partial charge in [0.05, 0.1) is 20.6 Å². The van der Waals surface area contributed by atoms with Crippen molar-refractivity contribution in [1.29, 1.82) is 0 Å². The van der Waals surface area contributed by atoms with Crippen LogP contribution in [0.1, 0.15) is 38.3 Å². The number of halogens is 3. The van der Waals surface area contributed by atoms with Gasteiger partial charge in [-0.25, -0.2) is 12.8 Å². The Morgan fingerprint density at radius 3 is 2.12 bits per heavy atom. The molecule has 0 heterocycles. The van der Waals surface area contributed by atoms with E-state index in [4.69, 9.17) is 23.2 Å². The highest BCUT2D eigenvalue weighted by Crippen LogP contribution is 2.31. The number of nitrogens with zero attached hydrogens (tertiary/aromatic N) is 2. The number of hydrogen-bond acceptors (Lipinski definition) is 4. The molecule has 0 saturated heterocycles. The molecule has 0 aliphatic carbocycles. The highest BCUT2D eigenvalue weighted by atomic mass is 35.5. The number of nitrogens with one attached hydrogen (secondary N) is 1. The van der Waals surface area contributed by atoms with Gasteiger partial charge in [-0.2, -0.15) is 0 Å². The van der Waals surface area contributed by atoms with Crippen molar-refractivity contribution >= 4 is 50.7 Å². The van der Waals surface area contributed by atoms with Crippen molar-refractivity contribution in [2.45, 2.75) is 57.6 Å². The van der Waals surface area contributed by atoms with E-state index in [1.165, 1.54) is 59.5 Å². The summed E-state index contributed by atoms with van der Waals surface area (Å²) in [6.45, 7) is 6.53. The molecule has 0 aliphatic heterocycles. The minimum absolute atomic E-state index is 0.0216. The van der Waals surface area contributed by atoms with E-state index < -0.39 is 34.3 Å². The Morgan fingerprint density at radius 1 is 0.950 bits per heavy atom. The molecular formula is C29H32Cl2FN3O4S. The number of hydrogen-bond donors (Lipinski definition) is 1. The highest BCUT2D eigenvalue weighted by Gasteiger charge is 2.34. The molecule has 0 aromatic heterocycles. The molecule has 3 aromatic rings. The Balaban J connectivity index is 2.08. The molecule has 1 N–H and O–H groups in total. The number of rotatable bonds is 11. The fourth-order valence-electron chi connectivity index (χ4n) is 4.09. The van der Waals surface area contributed by atoms with E-state index in [1.54, 1.807) is 32.9 Å². The van der Waals surface area contributed by atoms with E-state index in [9.17, 15) is 22.4 Å². The molecule has 1 unspecified atom stereocenters. The molecule has 2 amide bonds. The van der Waals surface area contributed by atoms with Crippen LogP contribution in [0.5, 0.6) is 0 Å². The summed E-state index contributed by atoms with van der Waals surface area (Å²) in [6.07, 6.45) is 0.267. The molecule has 0 bridgehead atoms. The number of benzene rings is 3. The van der Waals surface area contributed by atoms with Crippen molar-refractivity contribution in [3.63, 3.8) is 0 Å². The molecule has 40 heavy (non-hydrogen) atoms. The van der Waals surface area contributed by atoms with Gasteiger partial charge in [-0.1, -0.05) is 60.0 Å². The third kappa shape index (κ3) is 7.74. The molecular weight excluding hydrogens is 576 g/mol. The van der Waals surface area contributed by atoms with Gasteiger partial charge >= 0.3 is 0 Å². The summed E-state index contributed by atoms with van der Waals surface area (Å²) in [7, 11) is -4.25. The van der Waals surface area contributed by atoms with Crippen LogP contribution in [0.25, 0.3) is 0 Å².